The predicted octanol–water partition coefficient (Wildman–Crippen LogP) is 7.05. The second-order valence-electron chi connectivity index (χ2n) is 7.27. The number of hydrogen-bond acceptors (Lipinski definition) is 6. The summed E-state index contributed by atoms with van der Waals surface area (Å²) < 4.78 is 0. The van der Waals surface area contributed by atoms with Gasteiger partial charge in [-0.2, -0.15) is 0 Å². The molecule has 0 unspecified atom stereocenters. The van der Waals surface area contributed by atoms with Gasteiger partial charge >= 0.3 is 6.03 Å². The van der Waals surface area contributed by atoms with Crippen LogP contribution in [0.15, 0.2) is 58.7 Å². The summed E-state index contributed by atoms with van der Waals surface area (Å²) in [5.74, 6) is 0.659. The molecule has 0 aliphatic rings. The zero-order valence-electron chi connectivity index (χ0n) is 18.6. The lowest BCUT2D eigenvalue weighted by molar-refractivity contribution is 0.262. The minimum atomic E-state index is -0.397. The summed E-state index contributed by atoms with van der Waals surface area (Å²) >= 11 is 9.23. The van der Waals surface area contributed by atoms with Crippen molar-refractivity contribution in [3.63, 3.8) is 0 Å². The molecule has 0 radical (unpaired) electrons. The Balaban J connectivity index is 1.78. The molecule has 2 aromatic carbocycles. The highest BCUT2D eigenvalue weighted by atomic mass is 35.5. The monoisotopic (exact) mass is 495 g/mol. The number of halogens is 1. The van der Waals surface area contributed by atoms with Crippen LogP contribution in [0.3, 0.4) is 0 Å². The zero-order valence-corrected chi connectivity index (χ0v) is 21.0. The summed E-state index contributed by atoms with van der Waals surface area (Å²) in [6.45, 7) is 3.87. The molecule has 0 saturated carbocycles. The van der Waals surface area contributed by atoms with Gasteiger partial charge in [-0.25, -0.2) is 14.8 Å². The molecule has 0 spiro atoms. The fraction of sp³-hybridized carbons (Fsp3) is 0.167. The minimum absolute atomic E-state index is 0.397. The Morgan fingerprint density at radius 2 is 1.67 bits per heavy atom. The highest BCUT2D eigenvalue weighted by Crippen LogP contribution is 2.38. The smallest absolute Gasteiger partial charge is 0.306 e. The van der Waals surface area contributed by atoms with Gasteiger partial charge in [-0.05, 0) is 55.7 Å². The summed E-state index contributed by atoms with van der Waals surface area (Å²) in [6, 6.07) is 13.2. The molecule has 0 atom stereocenters. The van der Waals surface area contributed by atoms with E-state index in [0.29, 0.717) is 32.3 Å². The largest absolute Gasteiger partial charge is 0.323 e. The minimum Gasteiger partial charge on any atom is -0.306 e. The molecule has 6 nitrogen and oxygen atoms in total. The third-order valence-electron chi connectivity index (χ3n) is 5.07. The average Bonchev–Trinajstić information content (AvgIpc) is 2.80. The molecule has 9 heteroatoms. The molecule has 4 rings (SSSR count). The molecule has 0 aliphatic carbocycles. The fourth-order valence-corrected chi connectivity index (χ4v) is 4.98. The molecule has 33 heavy (non-hydrogen) atoms. The van der Waals surface area contributed by atoms with Crippen LogP contribution in [0.1, 0.15) is 11.4 Å². The Labute approximate surface area is 206 Å². The molecular weight excluding hydrogens is 474 g/mol. The van der Waals surface area contributed by atoms with Crippen LogP contribution in [0.4, 0.5) is 16.2 Å². The quantitative estimate of drug-likeness (QED) is 0.228. The van der Waals surface area contributed by atoms with Gasteiger partial charge in [0.15, 0.2) is 0 Å². The lowest BCUT2D eigenvalue weighted by Gasteiger charge is -2.17. The van der Waals surface area contributed by atoms with Crippen molar-refractivity contribution in [2.24, 2.45) is 0 Å². The van der Waals surface area contributed by atoms with E-state index in [2.05, 4.69) is 25.6 Å². The molecule has 4 aromatic rings. The maximum absolute atomic E-state index is 13.1. The number of thioether (sulfide) groups is 2. The van der Waals surface area contributed by atoms with Crippen LogP contribution < -0.4 is 10.6 Å². The molecule has 168 valence electrons. The number of nitrogens with one attached hydrogen (secondary N) is 2. The van der Waals surface area contributed by atoms with Crippen LogP contribution in [0.2, 0.25) is 5.02 Å². The maximum atomic E-state index is 13.1. The average molecular weight is 496 g/mol. The Bertz CT molecular complexity index is 1340. The number of pyridine rings is 1. The molecule has 2 amide bonds. The number of carbonyl (C=O) groups excluding carboxylic acids is 1. The lowest BCUT2D eigenvalue weighted by Crippen LogP contribution is -2.21. The van der Waals surface area contributed by atoms with Gasteiger partial charge in [0, 0.05) is 16.0 Å². The number of anilines is 2. The maximum Gasteiger partial charge on any atom is 0.323 e. The second kappa shape index (κ2) is 9.99. The van der Waals surface area contributed by atoms with E-state index < -0.39 is 6.03 Å². The number of aromatic nitrogens is 3. The van der Waals surface area contributed by atoms with E-state index >= 15 is 0 Å². The lowest BCUT2D eigenvalue weighted by atomic mass is 9.96. The van der Waals surface area contributed by atoms with Crippen molar-refractivity contribution in [1.82, 2.24) is 15.0 Å². The number of benzene rings is 2. The Morgan fingerprint density at radius 3 is 2.33 bits per heavy atom. The number of hydrogen-bond donors (Lipinski definition) is 2. The van der Waals surface area contributed by atoms with E-state index in [1.54, 1.807) is 6.20 Å². The van der Waals surface area contributed by atoms with Gasteiger partial charge in [0.25, 0.3) is 0 Å². The molecule has 2 N–H and O–H groups in total. The first kappa shape index (κ1) is 23.4. The van der Waals surface area contributed by atoms with Gasteiger partial charge in [-0.1, -0.05) is 35.9 Å². The summed E-state index contributed by atoms with van der Waals surface area (Å²) in [7, 11) is 0. The van der Waals surface area contributed by atoms with Crippen molar-refractivity contribution in [3.8, 4) is 11.1 Å². The van der Waals surface area contributed by atoms with Crippen molar-refractivity contribution in [2.45, 2.75) is 23.9 Å². The van der Waals surface area contributed by atoms with Crippen LogP contribution >= 0.6 is 35.1 Å². The van der Waals surface area contributed by atoms with Crippen molar-refractivity contribution in [1.29, 1.82) is 0 Å². The normalized spacial score (nSPS) is 10.9. The number of amides is 2. The molecule has 0 fully saturated rings. The van der Waals surface area contributed by atoms with Crippen molar-refractivity contribution >= 4 is 63.4 Å². The molecule has 2 heterocycles. The van der Waals surface area contributed by atoms with E-state index in [1.807, 2.05) is 68.8 Å². The molecule has 0 aliphatic heterocycles. The number of rotatable bonds is 5. The van der Waals surface area contributed by atoms with Crippen LogP contribution in [0.5, 0.6) is 0 Å². The van der Waals surface area contributed by atoms with Crippen LogP contribution in [0.25, 0.3) is 22.0 Å². The van der Waals surface area contributed by atoms with Crippen molar-refractivity contribution < 1.29 is 4.79 Å². The number of aryl methyl sites for hydroxylation is 2. The number of urea groups is 1. The number of fused-ring (bicyclic) bond motifs is 1. The molecule has 0 bridgehead atoms. The van der Waals surface area contributed by atoms with E-state index in [1.165, 1.54) is 23.5 Å². The summed E-state index contributed by atoms with van der Waals surface area (Å²) in [4.78, 5) is 26.6. The molecule has 0 saturated heterocycles. The van der Waals surface area contributed by atoms with Crippen LogP contribution in [0, 0.1) is 13.8 Å². The van der Waals surface area contributed by atoms with Gasteiger partial charge in [0.1, 0.15) is 21.6 Å². The number of nitrogens with zero attached hydrogens (tertiary/aromatic N) is 3. The standard InChI is InChI=1S/C24H22ClN5OS2/c1-13-7-5-6-8-16(13)20-17-11-15(25)9-10-18(17)26-12-19(20)29-24(31)30-21-22(32-3)27-14(2)28-23(21)33-4/h5-12H,1-4H3,(H2,29,30,31). The SMILES string of the molecule is CSc1nc(C)nc(SC)c1NC(=O)Nc1cnc2ccc(Cl)cc2c1-c1ccccc1C. The van der Waals surface area contributed by atoms with Crippen molar-refractivity contribution in [2.75, 3.05) is 23.1 Å². The van der Waals surface area contributed by atoms with Gasteiger partial charge in [0.05, 0.1) is 17.4 Å². The van der Waals surface area contributed by atoms with Gasteiger partial charge < -0.3 is 10.6 Å². The topological polar surface area (TPSA) is 79.8 Å². The Kier molecular flexibility index (Phi) is 7.07. The Hall–Kier alpha value is -2.81. The van der Waals surface area contributed by atoms with Crippen molar-refractivity contribution in [3.05, 3.63) is 65.1 Å². The predicted molar refractivity (Wildman–Crippen MR) is 140 cm³/mol. The first-order chi connectivity index (χ1) is 15.9. The third kappa shape index (κ3) is 4.93. The first-order valence-electron chi connectivity index (χ1n) is 10.1. The molecular formula is C24H22ClN5OS2. The van der Waals surface area contributed by atoms with E-state index in [0.717, 1.165) is 27.6 Å². The number of carbonyl (C=O) groups is 1. The highest BCUT2D eigenvalue weighted by Gasteiger charge is 2.18. The van der Waals surface area contributed by atoms with Crippen LogP contribution in [-0.2, 0) is 0 Å². The van der Waals surface area contributed by atoms with E-state index in [4.69, 9.17) is 11.6 Å². The van der Waals surface area contributed by atoms with Gasteiger partial charge in [-0.15, -0.1) is 23.5 Å². The van der Waals surface area contributed by atoms with Gasteiger partial charge in [-0.3, -0.25) is 4.98 Å². The van der Waals surface area contributed by atoms with Gasteiger partial charge in [0.2, 0.25) is 0 Å². The van der Waals surface area contributed by atoms with E-state index in [-0.39, 0.29) is 0 Å². The first-order valence-corrected chi connectivity index (χ1v) is 12.9. The van der Waals surface area contributed by atoms with E-state index in [9.17, 15) is 4.79 Å². The Morgan fingerprint density at radius 1 is 0.970 bits per heavy atom. The summed E-state index contributed by atoms with van der Waals surface area (Å²) in [5.41, 5.74) is 4.91. The fourth-order valence-electron chi connectivity index (χ4n) is 3.59. The summed E-state index contributed by atoms with van der Waals surface area (Å²) in [6.07, 6.45) is 5.51. The third-order valence-corrected chi connectivity index (χ3v) is 6.67. The zero-order chi connectivity index (χ0) is 23.5. The second-order valence-corrected chi connectivity index (χ2v) is 9.29. The highest BCUT2D eigenvalue weighted by molar-refractivity contribution is 7.99. The summed E-state index contributed by atoms with van der Waals surface area (Å²) in [5, 5.41) is 8.82. The molecule has 2 aromatic heterocycles. The van der Waals surface area contributed by atoms with Crippen LogP contribution in [-0.4, -0.2) is 33.5 Å².